The van der Waals surface area contributed by atoms with E-state index in [4.69, 9.17) is 4.74 Å². The van der Waals surface area contributed by atoms with E-state index in [0.29, 0.717) is 6.54 Å². The number of nitrogens with one attached hydrogen (secondary N) is 2. The Balaban J connectivity index is 2.16. The van der Waals surface area contributed by atoms with E-state index in [9.17, 15) is 4.79 Å². The van der Waals surface area contributed by atoms with Crippen molar-refractivity contribution in [2.24, 2.45) is 0 Å². The summed E-state index contributed by atoms with van der Waals surface area (Å²) in [4.78, 5) is 19.3. The maximum absolute atomic E-state index is 11.7. The number of hydrogen-bond acceptors (Lipinski definition) is 3. The summed E-state index contributed by atoms with van der Waals surface area (Å²) >= 11 is 0. The zero-order valence-corrected chi connectivity index (χ0v) is 12.6. The van der Waals surface area contributed by atoms with Crippen LogP contribution in [0.2, 0.25) is 0 Å². The van der Waals surface area contributed by atoms with Crippen molar-refractivity contribution in [3.8, 4) is 0 Å². The van der Waals surface area contributed by atoms with Crippen LogP contribution in [0.15, 0.2) is 12.3 Å². The van der Waals surface area contributed by atoms with E-state index in [1.165, 1.54) is 0 Å². The second-order valence-corrected chi connectivity index (χ2v) is 5.90. The minimum absolute atomic E-state index is 0.412. The highest BCUT2D eigenvalue weighted by Crippen LogP contribution is 2.21. The second-order valence-electron chi connectivity index (χ2n) is 5.90. The third kappa shape index (κ3) is 3.10. The SMILES string of the molecule is Cc1nc2[nH]ccc2c(C)c1CNC(=O)OC(C)(C)C. The number of pyridine rings is 1. The average molecular weight is 275 g/mol. The molecule has 0 unspecified atom stereocenters. The smallest absolute Gasteiger partial charge is 0.407 e. The van der Waals surface area contributed by atoms with Crippen LogP contribution >= 0.6 is 0 Å². The molecule has 0 aliphatic carbocycles. The number of aromatic nitrogens is 2. The molecule has 5 nitrogen and oxygen atoms in total. The summed E-state index contributed by atoms with van der Waals surface area (Å²) in [5.41, 5.74) is 3.46. The minimum atomic E-state index is -0.489. The lowest BCUT2D eigenvalue weighted by atomic mass is 10.1. The topological polar surface area (TPSA) is 67.0 Å². The number of alkyl carbamates (subject to hydrolysis) is 1. The molecule has 5 heteroatoms. The molecule has 0 saturated heterocycles. The molecular formula is C15H21N3O2. The maximum Gasteiger partial charge on any atom is 0.407 e. The first-order chi connectivity index (χ1) is 9.28. The zero-order chi connectivity index (χ0) is 14.9. The van der Waals surface area contributed by atoms with Gasteiger partial charge in [-0.2, -0.15) is 0 Å². The highest BCUT2D eigenvalue weighted by Gasteiger charge is 2.17. The van der Waals surface area contributed by atoms with Gasteiger partial charge < -0.3 is 15.0 Å². The van der Waals surface area contributed by atoms with Crippen molar-refractivity contribution >= 4 is 17.1 Å². The molecule has 0 saturated carbocycles. The van der Waals surface area contributed by atoms with Gasteiger partial charge in [0, 0.05) is 23.8 Å². The average Bonchev–Trinajstić information content (AvgIpc) is 2.74. The first-order valence-electron chi connectivity index (χ1n) is 6.68. The fourth-order valence-electron chi connectivity index (χ4n) is 2.16. The highest BCUT2D eigenvalue weighted by molar-refractivity contribution is 5.81. The summed E-state index contributed by atoms with van der Waals surface area (Å²) in [6.45, 7) is 9.93. The third-order valence-corrected chi connectivity index (χ3v) is 3.11. The van der Waals surface area contributed by atoms with Crippen molar-refractivity contribution in [3.05, 3.63) is 29.1 Å². The fraction of sp³-hybridized carbons (Fsp3) is 0.467. The predicted molar refractivity (Wildman–Crippen MR) is 78.6 cm³/mol. The first-order valence-corrected chi connectivity index (χ1v) is 6.68. The number of carbonyl (C=O) groups excluding carboxylic acids is 1. The number of aromatic amines is 1. The Morgan fingerprint density at radius 1 is 1.40 bits per heavy atom. The molecule has 0 aliphatic rings. The van der Waals surface area contributed by atoms with Crippen LogP contribution in [0.1, 0.15) is 37.6 Å². The van der Waals surface area contributed by atoms with Crippen LogP contribution in [-0.4, -0.2) is 21.7 Å². The Hall–Kier alpha value is -2.04. The van der Waals surface area contributed by atoms with E-state index in [0.717, 1.165) is 27.9 Å². The predicted octanol–water partition coefficient (Wildman–Crippen LogP) is 3.20. The molecule has 2 N–H and O–H groups in total. The quantitative estimate of drug-likeness (QED) is 0.884. The van der Waals surface area contributed by atoms with Crippen molar-refractivity contribution in [2.45, 2.75) is 46.8 Å². The van der Waals surface area contributed by atoms with E-state index in [-0.39, 0.29) is 0 Å². The Bertz CT molecular complexity index is 638. The number of aryl methyl sites for hydroxylation is 2. The van der Waals surface area contributed by atoms with Crippen LogP contribution in [0.4, 0.5) is 4.79 Å². The van der Waals surface area contributed by atoms with Gasteiger partial charge in [-0.1, -0.05) is 0 Å². The molecule has 0 bridgehead atoms. The molecule has 2 rings (SSSR count). The Morgan fingerprint density at radius 3 is 2.75 bits per heavy atom. The number of amides is 1. The number of ether oxygens (including phenoxy) is 1. The van der Waals surface area contributed by atoms with E-state index in [1.807, 2.05) is 46.9 Å². The van der Waals surface area contributed by atoms with Crippen LogP contribution < -0.4 is 5.32 Å². The van der Waals surface area contributed by atoms with Gasteiger partial charge in [-0.25, -0.2) is 9.78 Å². The molecule has 0 aliphatic heterocycles. The van der Waals surface area contributed by atoms with Crippen LogP contribution in [0.5, 0.6) is 0 Å². The molecule has 0 fully saturated rings. The number of rotatable bonds is 2. The molecule has 1 amide bonds. The summed E-state index contributed by atoms with van der Waals surface area (Å²) in [7, 11) is 0. The van der Waals surface area contributed by atoms with Crippen LogP contribution in [0.3, 0.4) is 0 Å². The van der Waals surface area contributed by atoms with Crippen molar-refractivity contribution in [1.82, 2.24) is 15.3 Å². The largest absolute Gasteiger partial charge is 0.444 e. The van der Waals surface area contributed by atoms with Gasteiger partial charge in [0.2, 0.25) is 0 Å². The number of hydrogen-bond donors (Lipinski definition) is 2. The zero-order valence-electron chi connectivity index (χ0n) is 12.6. The van der Waals surface area contributed by atoms with Crippen molar-refractivity contribution < 1.29 is 9.53 Å². The summed E-state index contributed by atoms with van der Waals surface area (Å²) in [6.07, 6.45) is 1.46. The number of H-pyrrole nitrogens is 1. The number of fused-ring (bicyclic) bond motifs is 1. The molecule has 0 radical (unpaired) electrons. The van der Waals surface area contributed by atoms with Gasteiger partial charge in [0.1, 0.15) is 11.2 Å². The normalized spacial score (nSPS) is 11.7. The van der Waals surface area contributed by atoms with Gasteiger partial charge in [-0.15, -0.1) is 0 Å². The molecule has 2 heterocycles. The summed E-state index contributed by atoms with van der Waals surface area (Å²) < 4.78 is 5.24. The van der Waals surface area contributed by atoms with E-state index < -0.39 is 11.7 Å². The Kier molecular flexibility index (Phi) is 3.70. The molecule has 0 aromatic carbocycles. The summed E-state index contributed by atoms with van der Waals surface area (Å²) in [5.74, 6) is 0. The lowest BCUT2D eigenvalue weighted by Crippen LogP contribution is -2.32. The standard InChI is InChI=1S/C15H21N3O2/c1-9-11-6-7-16-13(11)18-10(2)12(9)8-17-14(19)20-15(3,4)5/h6-7H,8H2,1-5H3,(H,16,18)(H,17,19). The van der Waals surface area contributed by atoms with Gasteiger partial charge in [-0.3, -0.25) is 0 Å². The van der Waals surface area contributed by atoms with Gasteiger partial charge in [-0.05, 0) is 51.8 Å². The molecule has 108 valence electrons. The molecule has 0 spiro atoms. The monoisotopic (exact) mass is 275 g/mol. The lowest BCUT2D eigenvalue weighted by Gasteiger charge is -2.20. The van der Waals surface area contributed by atoms with E-state index in [2.05, 4.69) is 15.3 Å². The Morgan fingerprint density at radius 2 is 2.10 bits per heavy atom. The molecule has 2 aromatic rings. The molecule has 20 heavy (non-hydrogen) atoms. The number of nitrogens with zero attached hydrogens (tertiary/aromatic N) is 1. The maximum atomic E-state index is 11.7. The van der Waals surface area contributed by atoms with Crippen molar-refractivity contribution in [1.29, 1.82) is 0 Å². The van der Waals surface area contributed by atoms with Gasteiger partial charge in [0.15, 0.2) is 0 Å². The molecule has 0 atom stereocenters. The fourth-order valence-corrected chi connectivity index (χ4v) is 2.16. The van der Waals surface area contributed by atoms with Crippen LogP contribution in [0, 0.1) is 13.8 Å². The summed E-state index contributed by atoms with van der Waals surface area (Å²) in [6, 6.07) is 1.99. The number of carbonyl (C=O) groups is 1. The summed E-state index contributed by atoms with van der Waals surface area (Å²) in [5, 5.41) is 3.86. The molecule has 2 aromatic heterocycles. The van der Waals surface area contributed by atoms with Crippen LogP contribution in [-0.2, 0) is 11.3 Å². The van der Waals surface area contributed by atoms with Gasteiger partial charge >= 0.3 is 6.09 Å². The van der Waals surface area contributed by atoms with Crippen molar-refractivity contribution in [3.63, 3.8) is 0 Å². The van der Waals surface area contributed by atoms with Gasteiger partial charge in [0.05, 0.1) is 0 Å². The van der Waals surface area contributed by atoms with Crippen LogP contribution in [0.25, 0.3) is 11.0 Å². The van der Waals surface area contributed by atoms with E-state index in [1.54, 1.807) is 0 Å². The minimum Gasteiger partial charge on any atom is -0.444 e. The second kappa shape index (κ2) is 5.15. The molecular weight excluding hydrogens is 254 g/mol. The van der Waals surface area contributed by atoms with Crippen molar-refractivity contribution in [2.75, 3.05) is 0 Å². The third-order valence-electron chi connectivity index (χ3n) is 3.11. The first kappa shape index (κ1) is 14.4. The van der Waals surface area contributed by atoms with Gasteiger partial charge in [0.25, 0.3) is 0 Å². The Labute approximate surface area is 118 Å². The van der Waals surface area contributed by atoms with E-state index >= 15 is 0 Å². The lowest BCUT2D eigenvalue weighted by molar-refractivity contribution is 0.0523. The highest BCUT2D eigenvalue weighted by atomic mass is 16.6.